The van der Waals surface area contributed by atoms with Crippen LogP contribution in [0.4, 0.5) is 0 Å². The average molecular weight is 306 g/mol. The predicted molar refractivity (Wildman–Crippen MR) is 84.4 cm³/mol. The first kappa shape index (κ1) is 16.5. The Kier molecular flexibility index (Phi) is 4.31. The smallest absolute Gasteiger partial charge is 0.257 e. The van der Waals surface area contributed by atoms with Gasteiger partial charge in [-0.3, -0.25) is 14.3 Å². The molecule has 0 radical (unpaired) electrons. The molecule has 2 atom stereocenters. The largest absolute Gasteiger partial charge is 0.369 e. The molecule has 0 saturated carbocycles. The first-order valence-electron chi connectivity index (χ1n) is 7.78. The van der Waals surface area contributed by atoms with Crippen LogP contribution in [0.15, 0.2) is 6.20 Å². The minimum Gasteiger partial charge on any atom is -0.369 e. The lowest BCUT2D eigenvalue weighted by Gasteiger charge is -2.36. The number of primary amides is 1. The molecule has 2 rings (SSSR count). The number of rotatable bonds is 2. The van der Waals surface area contributed by atoms with Gasteiger partial charge in [0.05, 0.1) is 23.2 Å². The van der Waals surface area contributed by atoms with Crippen molar-refractivity contribution in [3.05, 3.63) is 17.5 Å². The molecular weight excluding hydrogens is 280 g/mol. The summed E-state index contributed by atoms with van der Waals surface area (Å²) in [6.45, 7) is 10.5. The van der Waals surface area contributed by atoms with Gasteiger partial charge in [0.1, 0.15) is 0 Å². The predicted octanol–water partition coefficient (Wildman–Crippen LogP) is 1.67. The number of carbonyl (C=O) groups excluding carboxylic acids is 2. The molecule has 6 heteroatoms. The van der Waals surface area contributed by atoms with Crippen molar-refractivity contribution in [2.75, 3.05) is 6.54 Å². The summed E-state index contributed by atoms with van der Waals surface area (Å²) in [4.78, 5) is 26.1. The summed E-state index contributed by atoms with van der Waals surface area (Å²) in [6, 6.07) is 0.112. The summed E-state index contributed by atoms with van der Waals surface area (Å²) < 4.78 is 1.86. The van der Waals surface area contributed by atoms with E-state index in [4.69, 9.17) is 5.73 Å². The van der Waals surface area contributed by atoms with Gasteiger partial charge in [-0.05, 0) is 47.5 Å². The normalized spacial score (nSPS) is 22.7. The van der Waals surface area contributed by atoms with E-state index in [1.807, 2.05) is 39.3 Å². The van der Waals surface area contributed by atoms with Gasteiger partial charge in [0.25, 0.3) is 5.91 Å². The summed E-state index contributed by atoms with van der Waals surface area (Å²) in [7, 11) is 0. The van der Waals surface area contributed by atoms with Crippen LogP contribution in [0.1, 0.15) is 56.6 Å². The molecule has 0 aromatic carbocycles. The maximum Gasteiger partial charge on any atom is 0.257 e. The Labute approximate surface area is 131 Å². The highest BCUT2D eigenvalue weighted by atomic mass is 16.2. The fraction of sp³-hybridized carbons (Fsp3) is 0.688. The standard InChI is InChI=1S/C16H26N4O2/c1-10-6-7-12(14(17)21)9-19(10)15(22)13-8-18-20(11(13)2)16(3,4)5/h8,10,12H,6-7,9H2,1-5H3,(H2,17,21)/t10-,12+/m0/s1. The number of piperidine rings is 1. The van der Waals surface area contributed by atoms with Gasteiger partial charge in [-0.1, -0.05) is 0 Å². The third kappa shape index (κ3) is 3.00. The van der Waals surface area contributed by atoms with Gasteiger partial charge in [-0.2, -0.15) is 5.10 Å². The van der Waals surface area contributed by atoms with Crippen LogP contribution in [0.5, 0.6) is 0 Å². The number of carbonyl (C=O) groups is 2. The highest BCUT2D eigenvalue weighted by Gasteiger charge is 2.33. The van der Waals surface area contributed by atoms with Crippen molar-refractivity contribution >= 4 is 11.8 Å². The van der Waals surface area contributed by atoms with Crippen molar-refractivity contribution in [2.45, 2.75) is 59.0 Å². The minimum absolute atomic E-state index is 0.0635. The lowest BCUT2D eigenvalue weighted by molar-refractivity contribution is -0.123. The molecule has 22 heavy (non-hydrogen) atoms. The number of hydrogen-bond donors (Lipinski definition) is 1. The third-order valence-corrected chi connectivity index (χ3v) is 4.42. The van der Waals surface area contributed by atoms with Gasteiger partial charge in [0.15, 0.2) is 0 Å². The fourth-order valence-electron chi connectivity index (χ4n) is 3.07. The zero-order valence-electron chi connectivity index (χ0n) is 14.1. The van der Waals surface area contributed by atoms with E-state index in [-0.39, 0.29) is 29.3 Å². The van der Waals surface area contributed by atoms with Crippen LogP contribution in [-0.2, 0) is 10.3 Å². The Morgan fingerprint density at radius 2 is 1.95 bits per heavy atom. The topological polar surface area (TPSA) is 81.2 Å². The van der Waals surface area contributed by atoms with Crippen LogP contribution in [0.2, 0.25) is 0 Å². The molecule has 6 nitrogen and oxygen atoms in total. The number of aromatic nitrogens is 2. The van der Waals surface area contributed by atoms with E-state index in [1.54, 1.807) is 11.1 Å². The van der Waals surface area contributed by atoms with Crippen LogP contribution < -0.4 is 5.73 Å². The molecule has 0 spiro atoms. The zero-order valence-corrected chi connectivity index (χ0v) is 14.1. The van der Waals surface area contributed by atoms with E-state index in [0.29, 0.717) is 12.1 Å². The van der Waals surface area contributed by atoms with Crippen molar-refractivity contribution < 1.29 is 9.59 Å². The average Bonchev–Trinajstić information content (AvgIpc) is 2.80. The van der Waals surface area contributed by atoms with Crippen LogP contribution in [-0.4, -0.2) is 39.1 Å². The van der Waals surface area contributed by atoms with Crippen LogP contribution >= 0.6 is 0 Å². The molecule has 2 heterocycles. The van der Waals surface area contributed by atoms with Crippen molar-refractivity contribution in [1.82, 2.24) is 14.7 Å². The second kappa shape index (κ2) is 5.74. The van der Waals surface area contributed by atoms with Gasteiger partial charge in [0, 0.05) is 18.3 Å². The number of hydrogen-bond acceptors (Lipinski definition) is 3. The Morgan fingerprint density at radius 1 is 1.32 bits per heavy atom. The lowest BCUT2D eigenvalue weighted by atomic mass is 9.92. The van der Waals surface area contributed by atoms with Crippen molar-refractivity contribution in [3.63, 3.8) is 0 Å². The Morgan fingerprint density at radius 3 is 2.45 bits per heavy atom. The summed E-state index contributed by atoms with van der Waals surface area (Å²) in [6.07, 6.45) is 3.18. The van der Waals surface area contributed by atoms with Crippen molar-refractivity contribution in [2.24, 2.45) is 11.7 Å². The molecule has 1 saturated heterocycles. The summed E-state index contributed by atoms with van der Waals surface area (Å²) >= 11 is 0. The molecule has 0 bridgehead atoms. The van der Waals surface area contributed by atoms with E-state index in [0.717, 1.165) is 18.5 Å². The number of amides is 2. The minimum atomic E-state index is -0.327. The maximum atomic E-state index is 12.9. The van der Waals surface area contributed by atoms with Gasteiger partial charge >= 0.3 is 0 Å². The van der Waals surface area contributed by atoms with Crippen LogP contribution in [0.25, 0.3) is 0 Å². The highest BCUT2D eigenvalue weighted by Crippen LogP contribution is 2.25. The molecule has 1 aromatic heterocycles. The van der Waals surface area contributed by atoms with Crippen molar-refractivity contribution in [3.8, 4) is 0 Å². The number of nitrogens with zero attached hydrogens (tertiary/aromatic N) is 3. The van der Waals surface area contributed by atoms with Gasteiger partial charge < -0.3 is 10.6 Å². The van der Waals surface area contributed by atoms with E-state index >= 15 is 0 Å². The quantitative estimate of drug-likeness (QED) is 0.902. The zero-order chi connectivity index (χ0) is 16.7. The highest BCUT2D eigenvalue weighted by molar-refractivity contribution is 5.95. The number of nitrogens with two attached hydrogens (primary N) is 1. The van der Waals surface area contributed by atoms with Crippen molar-refractivity contribution in [1.29, 1.82) is 0 Å². The molecule has 122 valence electrons. The first-order valence-corrected chi connectivity index (χ1v) is 7.78. The SMILES string of the molecule is Cc1c(C(=O)N2C[C@H](C(N)=O)CC[C@@H]2C)cnn1C(C)(C)C. The Hall–Kier alpha value is -1.85. The third-order valence-electron chi connectivity index (χ3n) is 4.42. The fourth-order valence-corrected chi connectivity index (χ4v) is 3.07. The molecule has 1 aliphatic rings. The molecule has 1 aromatic rings. The Balaban J connectivity index is 2.27. The molecule has 1 fully saturated rings. The summed E-state index contributed by atoms with van der Waals surface area (Å²) in [5, 5.41) is 4.36. The lowest BCUT2D eigenvalue weighted by Crippen LogP contribution is -2.48. The summed E-state index contributed by atoms with van der Waals surface area (Å²) in [5.74, 6) is -0.642. The molecular formula is C16H26N4O2. The monoisotopic (exact) mass is 306 g/mol. The summed E-state index contributed by atoms with van der Waals surface area (Å²) in [5.41, 5.74) is 6.69. The second-order valence-corrected chi connectivity index (χ2v) is 7.21. The molecule has 2 N–H and O–H groups in total. The van der Waals surface area contributed by atoms with Crippen LogP contribution in [0, 0.1) is 12.8 Å². The van der Waals surface area contributed by atoms with Gasteiger partial charge in [-0.25, -0.2) is 0 Å². The van der Waals surface area contributed by atoms with E-state index < -0.39 is 0 Å². The van der Waals surface area contributed by atoms with E-state index in [9.17, 15) is 9.59 Å². The molecule has 1 aliphatic heterocycles. The number of likely N-dealkylation sites (tertiary alicyclic amines) is 1. The molecule has 0 aliphatic carbocycles. The Bertz CT molecular complexity index is 585. The van der Waals surface area contributed by atoms with Gasteiger partial charge in [0.2, 0.25) is 5.91 Å². The van der Waals surface area contributed by atoms with Gasteiger partial charge in [-0.15, -0.1) is 0 Å². The maximum absolute atomic E-state index is 12.9. The second-order valence-electron chi connectivity index (χ2n) is 7.21. The first-order chi connectivity index (χ1) is 10.1. The van der Waals surface area contributed by atoms with E-state index in [2.05, 4.69) is 5.10 Å². The molecule has 0 unspecified atom stereocenters. The van der Waals surface area contributed by atoms with E-state index in [1.165, 1.54) is 0 Å². The molecule has 2 amide bonds. The van der Waals surface area contributed by atoms with Crippen LogP contribution in [0.3, 0.4) is 0 Å².